The molecule has 2 aromatic heterocycles. The average Bonchev–Trinajstić information content (AvgIpc) is 3.79. The molecule has 6 rings (SSSR count). The number of fused-ring (bicyclic) bond motifs is 5. The highest BCUT2D eigenvalue weighted by molar-refractivity contribution is 7.09. The van der Waals surface area contributed by atoms with Gasteiger partial charge in [0.1, 0.15) is 28.8 Å². The number of benzene rings is 2. The number of nitrogens with one attached hydrogen (secondary N) is 3. The van der Waals surface area contributed by atoms with Crippen LogP contribution in [0.4, 0.5) is 5.69 Å². The Balaban J connectivity index is 1.31. The van der Waals surface area contributed by atoms with E-state index in [0.29, 0.717) is 22.9 Å². The number of aromatic nitrogens is 2. The number of carbonyl (C=O) groups is 5. The molecule has 4 heterocycles. The molecule has 2 aliphatic rings. The molecule has 2 atom stereocenters. The van der Waals surface area contributed by atoms with Crippen molar-refractivity contribution in [2.45, 2.75) is 32.4 Å². The summed E-state index contributed by atoms with van der Waals surface area (Å²) in [6, 6.07) is 12.9. The van der Waals surface area contributed by atoms with Gasteiger partial charge in [-0.25, -0.2) is 9.97 Å². The highest BCUT2D eigenvalue weighted by Gasteiger charge is 2.30. The Kier molecular flexibility index (Phi) is 9.71. The van der Waals surface area contributed by atoms with Crippen molar-refractivity contribution in [1.82, 2.24) is 30.8 Å². The third-order valence-corrected chi connectivity index (χ3v) is 9.15. The third kappa shape index (κ3) is 7.46. The summed E-state index contributed by atoms with van der Waals surface area (Å²) in [5, 5.41) is 10.8. The Morgan fingerprint density at radius 3 is 2.59 bits per heavy atom. The van der Waals surface area contributed by atoms with Crippen molar-refractivity contribution in [3.63, 3.8) is 0 Å². The van der Waals surface area contributed by atoms with Gasteiger partial charge in [0, 0.05) is 37.5 Å². The number of ether oxygens (including phenoxy) is 1. The highest BCUT2D eigenvalue weighted by atomic mass is 32.1. The second-order valence-electron chi connectivity index (χ2n) is 12.1. The fraction of sp³-hybridized carbons (Fsp3) is 0.324. The number of nitrogens with zero attached hydrogens (tertiary/aromatic N) is 4. The van der Waals surface area contributed by atoms with E-state index in [0.717, 1.165) is 5.56 Å². The monoisotopic (exact) mass is 685 g/mol. The van der Waals surface area contributed by atoms with Gasteiger partial charge >= 0.3 is 0 Å². The number of anilines is 1. The van der Waals surface area contributed by atoms with E-state index in [2.05, 4.69) is 25.9 Å². The summed E-state index contributed by atoms with van der Waals surface area (Å²) < 4.78 is 11.2. The van der Waals surface area contributed by atoms with Gasteiger partial charge in [-0.1, -0.05) is 44.2 Å². The fourth-order valence-corrected chi connectivity index (χ4v) is 6.53. The molecule has 49 heavy (non-hydrogen) atoms. The fourth-order valence-electron chi connectivity index (χ4n) is 5.51. The minimum Gasteiger partial charge on any atom is -0.482 e. The van der Waals surface area contributed by atoms with Crippen molar-refractivity contribution in [3.05, 3.63) is 93.6 Å². The summed E-state index contributed by atoms with van der Waals surface area (Å²) in [5.41, 5.74) is 1.71. The first-order chi connectivity index (χ1) is 23.6. The number of hydrogen-bond donors (Lipinski definition) is 3. The van der Waals surface area contributed by atoms with Crippen LogP contribution in [-0.2, 0) is 16.0 Å². The summed E-state index contributed by atoms with van der Waals surface area (Å²) in [5.74, 6) is -1.75. The lowest BCUT2D eigenvalue weighted by Gasteiger charge is -2.28. The standard InChI is InChI=1S/C34H35N7O7S/c1-19(2)29-33-38-24(18-49-33)31(45)36-22(13-20-7-5-4-6-8-20)32-37-23(16-48-32)30(44)35-11-12-41(15-27(42)39-29)34(46)21-9-10-26-25(14-21)40(3)28(43)17-47-26/h4-10,14,16,18-19,22,29H,11-13,15,17H2,1-3H3,(H,35,44)(H,36,45)(H,39,42)/t22-,29-/m0/s1. The van der Waals surface area contributed by atoms with Crippen LogP contribution >= 0.6 is 11.3 Å². The molecule has 0 spiro atoms. The molecular formula is C34H35N7O7S. The van der Waals surface area contributed by atoms with Crippen molar-refractivity contribution in [3.8, 4) is 5.75 Å². The smallest absolute Gasteiger partial charge is 0.273 e. The summed E-state index contributed by atoms with van der Waals surface area (Å²) in [4.78, 5) is 77.9. The van der Waals surface area contributed by atoms with Crippen LogP contribution in [0.15, 0.2) is 64.6 Å². The third-order valence-electron chi connectivity index (χ3n) is 8.23. The van der Waals surface area contributed by atoms with Gasteiger partial charge in [0.15, 0.2) is 12.3 Å². The molecule has 5 amide bonds. The Morgan fingerprint density at radius 1 is 1.02 bits per heavy atom. The van der Waals surface area contributed by atoms with Gasteiger partial charge in [0.05, 0.1) is 18.3 Å². The van der Waals surface area contributed by atoms with E-state index in [1.807, 2.05) is 44.2 Å². The zero-order chi connectivity index (χ0) is 34.7. The van der Waals surface area contributed by atoms with E-state index in [4.69, 9.17) is 9.15 Å². The number of oxazole rings is 1. The first-order valence-electron chi connectivity index (χ1n) is 15.7. The number of likely N-dealkylation sites (N-methyl/N-ethyl adjacent to an activating group) is 1. The molecule has 15 heteroatoms. The zero-order valence-electron chi connectivity index (χ0n) is 27.1. The number of carbonyl (C=O) groups excluding carboxylic acids is 5. The van der Waals surface area contributed by atoms with Gasteiger partial charge in [0.2, 0.25) is 11.8 Å². The van der Waals surface area contributed by atoms with Crippen LogP contribution in [0.3, 0.4) is 0 Å². The molecule has 2 aromatic carbocycles. The number of thiazole rings is 1. The van der Waals surface area contributed by atoms with Gasteiger partial charge in [0.25, 0.3) is 23.6 Å². The first kappa shape index (κ1) is 33.3. The van der Waals surface area contributed by atoms with E-state index >= 15 is 0 Å². The quantitative estimate of drug-likeness (QED) is 0.292. The Labute approximate surface area is 285 Å². The van der Waals surface area contributed by atoms with E-state index in [9.17, 15) is 24.0 Å². The molecule has 3 N–H and O–H groups in total. The summed E-state index contributed by atoms with van der Waals surface area (Å²) >= 11 is 1.24. The maximum Gasteiger partial charge on any atom is 0.273 e. The van der Waals surface area contributed by atoms with Gasteiger partial charge in [-0.3, -0.25) is 24.0 Å². The molecule has 0 saturated heterocycles. The molecule has 0 aliphatic carbocycles. The summed E-state index contributed by atoms with van der Waals surface area (Å²) in [6.07, 6.45) is 1.55. The van der Waals surface area contributed by atoms with E-state index < -0.39 is 35.7 Å². The largest absolute Gasteiger partial charge is 0.482 e. The van der Waals surface area contributed by atoms with Gasteiger partial charge in [-0.15, -0.1) is 11.3 Å². The van der Waals surface area contributed by atoms with Crippen molar-refractivity contribution in [1.29, 1.82) is 0 Å². The molecule has 0 radical (unpaired) electrons. The normalized spacial score (nSPS) is 18.9. The van der Waals surface area contributed by atoms with Crippen LogP contribution < -0.4 is 25.6 Å². The molecule has 0 fully saturated rings. The number of amides is 5. The van der Waals surface area contributed by atoms with Crippen molar-refractivity contribution in [2.75, 3.05) is 38.2 Å². The Hall–Kier alpha value is -5.57. The van der Waals surface area contributed by atoms with Crippen LogP contribution in [0, 0.1) is 5.92 Å². The van der Waals surface area contributed by atoms with Gasteiger partial charge in [-0.2, -0.15) is 0 Å². The van der Waals surface area contributed by atoms with E-state index in [1.165, 1.54) is 27.4 Å². The number of hydrogen-bond acceptors (Lipinski definition) is 10. The topological polar surface area (TPSA) is 176 Å². The zero-order valence-corrected chi connectivity index (χ0v) is 27.9. The summed E-state index contributed by atoms with van der Waals surface area (Å²) in [7, 11) is 1.59. The van der Waals surface area contributed by atoms with Crippen LogP contribution in [0.2, 0.25) is 0 Å². The predicted molar refractivity (Wildman–Crippen MR) is 178 cm³/mol. The molecule has 2 aliphatic heterocycles. The molecule has 0 saturated carbocycles. The lowest BCUT2D eigenvalue weighted by molar-refractivity contribution is -0.123. The van der Waals surface area contributed by atoms with Crippen molar-refractivity contribution in [2.24, 2.45) is 5.92 Å². The maximum atomic E-state index is 13.9. The molecular weight excluding hydrogens is 650 g/mol. The second-order valence-corrected chi connectivity index (χ2v) is 12.9. The maximum absolute atomic E-state index is 13.9. The average molecular weight is 686 g/mol. The number of rotatable bonds is 4. The minimum atomic E-state index is -0.717. The molecule has 0 unspecified atom stereocenters. The summed E-state index contributed by atoms with van der Waals surface area (Å²) in [6.45, 7) is 3.35. The molecule has 254 valence electrons. The SMILES string of the molecule is CC(C)[C@@H]1NC(=O)CN(C(=O)c2ccc3c(c2)N(C)C(=O)CO3)CCNC(=O)c2coc(n2)[C@H](Cc2ccccc2)NC(=O)c2csc1n2. The van der Waals surface area contributed by atoms with Crippen LogP contribution in [0.5, 0.6) is 5.75 Å². The molecule has 14 nitrogen and oxygen atoms in total. The minimum absolute atomic E-state index is 0.0138. The second kappa shape index (κ2) is 14.3. The van der Waals surface area contributed by atoms with E-state index in [-0.39, 0.29) is 60.9 Å². The lowest BCUT2D eigenvalue weighted by atomic mass is 10.0. The van der Waals surface area contributed by atoms with Crippen molar-refractivity contribution >= 4 is 46.6 Å². The first-order valence-corrected chi connectivity index (χ1v) is 16.6. The molecule has 4 aromatic rings. The van der Waals surface area contributed by atoms with Crippen LogP contribution in [0.1, 0.15) is 73.7 Å². The Morgan fingerprint density at radius 2 is 1.82 bits per heavy atom. The van der Waals surface area contributed by atoms with Crippen LogP contribution in [-0.4, -0.2) is 77.7 Å². The van der Waals surface area contributed by atoms with Gasteiger partial charge < -0.3 is 34.9 Å². The molecule has 4 bridgehead atoms. The van der Waals surface area contributed by atoms with Crippen molar-refractivity contribution < 1.29 is 33.1 Å². The van der Waals surface area contributed by atoms with Crippen LogP contribution in [0.25, 0.3) is 0 Å². The van der Waals surface area contributed by atoms with E-state index in [1.54, 1.807) is 30.6 Å². The van der Waals surface area contributed by atoms with Gasteiger partial charge in [-0.05, 0) is 29.7 Å². The lowest BCUT2D eigenvalue weighted by Crippen LogP contribution is -2.45. The Bertz CT molecular complexity index is 1890. The highest BCUT2D eigenvalue weighted by Crippen LogP contribution is 2.32. The predicted octanol–water partition coefficient (Wildman–Crippen LogP) is 2.90.